The maximum Gasteiger partial charge on any atom is 0.324 e. The molecule has 2 heterocycles. The summed E-state index contributed by atoms with van der Waals surface area (Å²) in [6, 6.07) is 38.8. The number of aliphatic hydroxyl groups is 1. The highest BCUT2D eigenvalue weighted by molar-refractivity contribution is 6.66. The van der Waals surface area contributed by atoms with E-state index in [9.17, 15) is 5.11 Å². The van der Waals surface area contributed by atoms with Gasteiger partial charge in [0.1, 0.15) is 0 Å². The Labute approximate surface area is 282 Å². The van der Waals surface area contributed by atoms with E-state index in [0.717, 1.165) is 49.4 Å². The van der Waals surface area contributed by atoms with Gasteiger partial charge in [-0.25, -0.2) is 9.97 Å². The third-order valence-electron chi connectivity index (χ3n) is 10.8. The van der Waals surface area contributed by atoms with Gasteiger partial charge in [-0.3, -0.25) is 4.57 Å². The second-order valence-corrected chi connectivity index (χ2v) is 14.8. The lowest BCUT2D eigenvalue weighted by molar-refractivity contribution is -0.0918. The monoisotopic (exact) mass is 629 g/mol. The van der Waals surface area contributed by atoms with E-state index in [1.54, 1.807) is 13.8 Å². The average molecular weight is 630 g/mol. The number of fused-ring (bicyclic) bond motifs is 7. The first-order valence-corrected chi connectivity index (χ1v) is 16.8. The molecule has 0 amide bonds. The molecule has 0 saturated carbocycles. The molecule has 48 heavy (non-hydrogen) atoms. The molecule has 2 aromatic heterocycles. The third kappa shape index (κ3) is 4.61. The van der Waals surface area contributed by atoms with Gasteiger partial charge in [0.15, 0.2) is 0 Å². The Kier molecular flexibility index (Phi) is 6.76. The van der Waals surface area contributed by atoms with Gasteiger partial charge in [-0.1, -0.05) is 106 Å². The summed E-state index contributed by atoms with van der Waals surface area (Å²) < 4.78 is 8.66. The molecule has 0 aliphatic heterocycles. The quantitative estimate of drug-likeness (QED) is 0.187. The van der Waals surface area contributed by atoms with E-state index < -0.39 is 11.2 Å². The number of hydrogen-bond donors (Lipinski definition) is 1. The zero-order valence-electron chi connectivity index (χ0n) is 28.7. The van der Waals surface area contributed by atoms with E-state index in [1.165, 1.54) is 22.3 Å². The Balaban J connectivity index is 1.33. The van der Waals surface area contributed by atoms with Crippen molar-refractivity contribution in [1.29, 1.82) is 0 Å². The van der Waals surface area contributed by atoms with Gasteiger partial charge in [0.25, 0.3) is 0 Å². The van der Waals surface area contributed by atoms with Gasteiger partial charge >= 0.3 is 6.92 Å². The SMILES string of the molecule is CB(OC(C)(C)C(C)(C)O)c1ccc2c3ccccc3n(-c3nc(-c4ccc5c(c4)C(C)(C)c4ccccc4-5)c4ccccc4n3)c2c1. The summed E-state index contributed by atoms with van der Waals surface area (Å²) in [7, 11) is 0. The number of hydrogen-bond acceptors (Lipinski definition) is 4. The van der Waals surface area contributed by atoms with Crippen molar-refractivity contribution in [2.45, 2.75) is 65.0 Å². The Morgan fingerprint density at radius 1 is 0.688 bits per heavy atom. The van der Waals surface area contributed by atoms with E-state index in [2.05, 4.69) is 122 Å². The van der Waals surface area contributed by atoms with Crippen LogP contribution in [0.5, 0.6) is 0 Å². The van der Waals surface area contributed by atoms with Gasteiger partial charge in [-0.2, -0.15) is 0 Å². The van der Waals surface area contributed by atoms with Crippen LogP contribution in [-0.2, 0) is 10.1 Å². The Morgan fingerprint density at radius 3 is 2.15 bits per heavy atom. The molecule has 0 fully saturated rings. The van der Waals surface area contributed by atoms with E-state index in [-0.39, 0.29) is 12.3 Å². The first-order valence-electron chi connectivity index (χ1n) is 16.8. The Hall–Kier alpha value is -4.78. The number of benzene rings is 5. The first kappa shape index (κ1) is 30.6. The van der Waals surface area contributed by atoms with Gasteiger partial charge in [0, 0.05) is 27.1 Å². The smallest absolute Gasteiger partial charge is 0.324 e. The van der Waals surface area contributed by atoms with Crippen LogP contribution in [0.4, 0.5) is 0 Å². The minimum atomic E-state index is -1.01. The molecule has 1 N–H and O–H groups in total. The van der Waals surface area contributed by atoms with Crippen LogP contribution in [0.3, 0.4) is 0 Å². The number of nitrogens with zero attached hydrogens (tertiary/aromatic N) is 3. The van der Waals surface area contributed by atoms with Crippen molar-refractivity contribution in [1.82, 2.24) is 14.5 Å². The average Bonchev–Trinajstić information content (AvgIpc) is 3.51. The van der Waals surface area contributed by atoms with Crippen molar-refractivity contribution < 1.29 is 9.76 Å². The maximum atomic E-state index is 10.8. The molecule has 0 atom stereocenters. The minimum absolute atomic E-state index is 0.116. The molecule has 7 aromatic rings. The normalized spacial score (nSPS) is 14.1. The molecule has 0 bridgehead atoms. The fourth-order valence-corrected chi connectivity index (χ4v) is 7.35. The summed E-state index contributed by atoms with van der Waals surface area (Å²) in [4.78, 5) is 10.6. The van der Waals surface area contributed by atoms with Crippen molar-refractivity contribution in [2.24, 2.45) is 0 Å². The fraction of sp³-hybridized carbons (Fsp3) is 0.238. The molecule has 1 aliphatic rings. The second kappa shape index (κ2) is 10.6. The lowest BCUT2D eigenvalue weighted by Gasteiger charge is -2.39. The lowest BCUT2D eigenvalue weighted by atomic mass is 9.62. The van der Waals surface area contributed by atoms with Gasteiger partial charge in [0.2, 0.25) is 5.95 Å². The molecular formula is C42H40BN3O2. The van der Waals surface area contributed by atoms with Crippen molar-refractivity contribution in [3.63, 3.8) is 0 Å². The van der Waals surface area contributed by atoms with E-state index in [1.807, 2.05) is 26.7 Å². The van der Waals surface area contributed by atoms with Crippen LogP contribution in [0.1, 0.15) is 52.7 Å². The highest BCUT2D eigenvalue weighted by atomic mass is 16.5. The molecule has 0 spiro atoms. The van der Waals surface area contributed by atoms with Crippen LogP contribution in [0.25, 0.3) is 61.0 Å². The van der Waals surface area contributed by atoms with Gasteiger partial charge in [0.05, 0.1) is 33.4 Å². The number of aromatic nitrogens is 3. The van der Waals surface area contributed by atoms with Crippen molar-refractivity contribution in [3.8, 4) is 28.3 Å². The molecular weight excluding hydrogens is 589 g/mol. The first-order chi connectivity index (χ1) is 22.8. The third-order valence-corrected chi connectivity index (χ3v) is 10.8. The minimum Gasteiger partial charge on any atom is -0.423 e. The largest absolute Gasteiger partial charge is 0.423 e. The number of para-hydroxylation sites is 2. The standard InChI is InChI=1S/C42H40BN3O2/c1-40(2)33-17-11-8-14-28(33)29-22-20-26(24-34(29)40)38-32-16-9-12-18-35(32)44-39(45-38)46-36-19-13-10-15-30(36)31-23-21-27(25-37(31)46)43(7)48-42(5,6)41(3,4)47/h8-25,47H,1-7H3. The molecule has 1 aliphatic carbocycles. The van der Waals surface area contributed by atoms with Crippen LogP contribution >= 0.6 is 0 Å². The summed E-state index contributed by atoms with van der Waals surface area (Å²) in [6.07, 6.45) is 0. The molecule has 5 aromatic carbocycles. The summed E-state index contributed by atoms with van der Waals surface area (Å²) in [5.74, 6) is 0.625. The maximum absolute atomic E-state index is 10.8. The van der Waals surface area contributed by atoms with Crippen LogP contribution in [0.15, 0.2) is 109 Å². The van der Waals surface area contributed by atoms with Crippen LogP contribution in [0.2, 0.25) is 6.82 Å². The second-order valence-electron chi connectivity index (χ2n) is 14.8. The zero-order valence-corrected chi connectivity index (χ0v) is 28.7. The summed E-state index contributed by atoms with van der Waals surface area (Å²) in [5.41, 5.74) is 9.35. The summed E-state index contributed by atoms with van der Waals surface area (Å²) >= 11 is 0. The fourth-order valence-electron chi connectivity index (χ4n) is 7.35. The van der Waals surface area contributed by atoms with Gasteiger partial charge in [-0.05, 0) is 79.7 Å². The molecule has 0 saturated heterocycles. The van der Waals surface area contributed by atoms with Gasteiger partial charge in [-0.15, -0.1) is 0 Å². The van der Waals surface area contributed by atoms with Crippen LogP contribution < -0.4 is 5.46 Å². The summed E-state index contributed by atoms with van der Waals surface area (Å²) in [5, 5.41) is 14.1. The summed E-state index contributed by atoms with van der Waals surface area (Å²) in [6.45, 7) is 13.9. The number of rotatable bonds is 6. The lowest BCUT2D eigenvalue weighted by Crippen LogP contribution is -2.52. The van der Waals surface area contributed by atoms with E-state index in [4.69, 9.17) is 14.6 Å². The molecule has 0 radical (unpaired) electrons. The molecule has 238 valence electrons. The molecule has 8 rings (SSSR count). The topological polar surface area (TPSA) is 60.2 Å². The highest BCUT2D eigenvalue weighted by Gasteiger charge is 2.38. The molecule has 6 heteroatoms. The molecule has 5 nitrogen and oxygen atoms in total. The van der Waals surface area contributed by atoms with Crippen LogP contribution in [0, 0.1) is 0 Å². The zero-order chi connectivity index (χ0) is 33.6. The van der Waals surface area contributed by atoms with E-state index >= 15 is 0 Å². The van der Waals surface area contributed by atoms with Crippen molar-refractivity contribution in [3.05, 3.63) is 120 Å². The Morgan fingerprint density at radius 2 is 1.35 bits per heavy atom. The highest BCUT2D eigenvalue weighted by Crippen LogP contribution is 2.49. The van der Waals surface area contributed by atoms with Crippen molar-refractivity contribution in [2.75, 3.05) is 0 Å². The van der Waals surface area contributed by atoms with Crippen molar-refractivity contribution >= 4 is 45.1 Å². The Bertz CT molecular complexity index is 2400. The van der Waals surface area contributed by atoms with Crippen LogP contribution in [-0.4, -0.2) is 37.8 Å². The van der Waals surface area contributed by atoms with Gasteiger partial charge < -0.3 is 9.76 Å². The predicted molar refractivity (Wildman–Crippen MR) is 200 cm³/mol. The predicted octanol–water partition coefficient (Wildman–Crippen LogP) is 9.09. The molecule has 0 unspecified atom stereocenters. The van der Waals surface area contributed by atoms with E-state index in [0.29, 0.717) is 5.95 Å².